The standard InChI is InChI=1S/C20H17NO5/c1-3-25-19(22)14-4-8-15(9-5-14)21-17-12-18(26-20(17)23)13-6-10-16(24-2)11-7-13/h4-12H,3H2,1-2H3. The molecule has 3 rings (SSSR count). The molecule has 0 amide bonds. The van der Waals surface area contributed by atoms with Crippen molar-refractivity contribution >= 4 is 29.1 Å². The van der Waals surface area contributed by atoms with Crippen LogP contribution in [-0.2, 0) is 14.3 Å². The van der Waals surface area contributed by atoms with Gasteiger partial charge in [0.1, 0.15) is 11.5 Å². The van der Waals surface area contributed by atoms with Crippen molar-refractivity contribution in [2.75, 3.05) is 13.7 Å². The molecule has 0 N–H and O–H groups in total. The molecule has 6 heteroatoms. The molecule has 0 saturated carbocycles. The normalized spacial score (nSPS) is 14.8. The first-order valence-electron chi connectivity index (χ1n) is 8.05. The number of carbonyl (C=O) groups is 2. The monoisotopic (exact) mass is 351 g/mol. The van der Waals surface area contributed by atoms with E-state index < -0.39 is 11.9 Å². The molecule has 1 aliphatic heterocycles. The number of ether oxygens (including phenoxy) is 3. The predicted octanol–water partition coefficient (Wildman–Crippen LogP) is 3.54. The Bertz CT molecular complexity index is 879. The number of carbonyl (C=O) groups excluding carboxylic acids is 2. The molecule has 0 atom stereocenters. The quantitative estimate of drug-likeness (QED) is 0.770. The minimum Gasteiger partial charge on any atom is -0.497 e. The third-order valence-electron chi connectivity index (χ3n) is 3.68. The Morgan fingerprint density at radius 3 is 2.38 bits per heavy atom. The first-order chi connectivity index (χ1) is 12.6. The Kier molecular flexibility index (Phi) is 5.12. The molecular formula is C20H17NO5. The molecule has 0 aliphatic carbocycles. The van der Waals surface area contributed by atoms with Gasteiger partial charge in [-0.3, -0.25) is 0 Å². The van der Waals surface area contributed by atoms with E-state index in [9.17, 15) is 9.59 Å². The van der Waals surface area contributed by atoms with Crippen LogP contribution in [0.2, 0.25) is 0 Å². The Balaban J connectivity index is 1.80. The zero-order valence-electron chi connectivity index (χ0n) is 14.4. The highest BCUT2D eigenvalue weighted by atomic mass is 16.5. The lowest BCUT2D eigenvalue weighted by molar-refractivity contribution is -0.128. The van der Waals surface area contributed by atoms with Crippen LogP contribution in [0.5, 0.6) is 5.75 Å². The Labute approximate surface area is 150 Å². The number of hydrogen-bond acceptors (Lipinski definition) is 6. The van der Waals surface area contributed by atoms with Crippen LogP contribution < -0.4 is 4.74 Å². The maximum absolute atomic E-state index is 12.0. The molecule has 2 aromatic rings. The highest BCUT2D eigenvalue weighted by Crippen LogP contribution is 2.25. The number of rotatable bonds is 5. The second kappa shape index (κ2) is 7.65. The highest BCUT2D eigenvalue weighted by Gasteiger charge is 2.23. The molecule has 0 bridgehead atoms. The van der Waals surface area contributed by atoms with Crippen LogP contribution in [-0.4, -0.2) is 31.4 Å². The van der Waals surface area contributed by atoms with Crippen LogP contribution in [0, 0.1) is 0 Å². The zero-order chi connectivity index (χ0) is 18.5. The Morgan fingerprint density at radius 1 is 1.08 bits per heavy atom. The van der Waals surface area contributed by atoms with Gasteiger partial charge in [0.05, 0.1) is 25.0 Å². The lowest BCUT2D eigenvalue weighted by Gasteiger charge is -2.03. The van der Waals surface area contributed by atoms with Crippen molar-refractivity contribution in [2.24, 2.45) is 4.99 Å². The number of cyclic esters (lactones) is 1. The summed E-state index contributed by atoms with van der Waals surface area (Å²) in [6.45, 7) is 2.06. The average molecular weight is 351 g/mol. The number of methoxy groups -OCH3 is 1. The van der Waals surface area contributed by atoms with Crippen LogP contribution in [0.3, 0.4) is 0 Å². The molecule has 0 radical (unpaired) electrons. The topological polar surface area (TPSA) is 74.2 Å². The average Bonchev–Trinajstić information content (AvgIpc) is 3.03. The minimum absolute atomic E-state index is 0.194. The fraction of sp³-hybridized carbons (Fsp3) is 0.150. The van der Waals surface area contributed by atoms with Crippen LogP contribution in [0.25, 0.3) is 5.76 Å². The second-order valence-electron chi connectivity index (χ2n) is 5.39. The summed E-state index contributed by atoms with van der Waals surface area (Å²) in [6.07, 6.45) is 1.59. The SMILES string of the molecule is CCOC(=O)c1ccc(N=C2C=C(c3ccc(OC)cc3)OC2=O)cc1. The van der Waals surface area contributed by atoms with Gasteiger partial charge in [0, 0.05) is 11.6 Å². The van der Waals surface area contributed by atoms with Crippen molar-refractivity contribution in [1.29, 1.82) is 0 Å². The van der Waals surface area contributed by atoms with Gasteiger partial charge in [-0.15, -0.1) is 0 Å². The first-order valence-corrected chi connectivity index (χ1v) is 8.05. The summed E-state index contributed by atoms with van der Waals surface area (Å²) in [7, 11) is 1.59. The summed E-state index contributed by atoms with van der Waals surface area (Å²) >= 11 is 0. The van der Waals surface area contributed by atoms with Crippen LogP contribution in [0.1, 0.15) is 22.8 Å². The van der Waals surface area contributed by atoms with Gasteiger partial charge in [-0.1, -0.05) is 0 Å². The summed E-state index contributed by atoms with van der Waals surface area (Å²) < 4.78 is 15.3. The van der Waals surface area contributed by atoms with E-state index in [0.29, 0.717) is 29.4 Å². The van der Waals surface area contributed by atoms with E-state index in [1.54, 1.807) is 68.6 Å². The third-order valence-corrected chi connectivity index (χ3v) is 3.68. The van der Waals surface area contributed by atoms with Crippen molar-refractivity contribution in [1.82, 2.24) is 0 Å². The highest BCUT2D eigenvalue weighted by molar-refractivity contribution is 6.46. The van der Waals surface area contributed by atoms with E-state index in [1.807, 2.05) is 0 Å². The van der Waals surface area contributed by atoms with Crippen LogP contribution in [0.15, 0.2) is 59.6 Å². The molecule has 0 fully saturated rings. The van der Waals surface area contributed by atoms with Crippen molar-refractivity contribution in [3.63, 3.8) is 0 Å². The van der Waals surface area contributed by atoms with Crippen LogP contribution in [0.4, 0.5) is 5.69 Å². The third kappa shape index (κ3) is 3.80. The molecule has 1 aliphatic rings. The van der Waals surface area contributed by atoms with Gasteiger partial charge in [0.2, 0.25) is 0 Å². The maximum Gasteiger partial charge on any atom is 0.362 e. The fourth-order valence-corrected chi connectivity index (χ4v) is 2.37. The Morgan fingerprint density at radius 2 is 1.77 bits per heavy atom. The Hall–Kier alpha value is -3.41. The first kappa shape index (κ1) is 17.4. The number of aliphatic imine (C=N–C) groups is 1. The van der Waals surface area contributed by atoms with E-state index >= 15 is 0 Å². The lowest BCUT2D eigenvalue weighted by atomic mass is 10.1. The van der Waals surface area contributed by atoms with Crippen molar-refractivity contribution in [3.05, 3.63) is 65.7 Å². The molecule has 0 aromatic heterocycles. The van der Waals surface area contributed by atoms with E-state index in [0.717, 1.165) is 5.56 Å². The van der Waals surface area contributed by atoms with Gasteiger partial charge < -0.3 is 14.2 Å². The van der Waals surface area contributed by atoms with Crippen molar-refractivity contribution in [3.8, 4) is 5.75 Å². The molecule has 2 aromatic carbocycles. The smallest absolute Gasteiger partial charge is 0.362 e. The molecule has 6 nitrogen and oxygen atoms in total. The van der Waals surface area contributed by atoms with Gasteiger partial charge in [0.25, 0.3) is 0 Å². The van der Waals surface area contributed by atoms with Crippen molar-refractivity contribution < 1.29 is 23.8 Å². The van der Waals surface area contributed by atoms with Crippen LogP contribution >= 0.6 is 0 Å². The van der Waals surface area contributed by atoms with E-state index in [1.165, 1.54) is 0 Å². The molecular weight excluding hydrogens is 334 g/mol. The summed E-state index contributed by atoms with van der Waals surface area (Å²) in [4.78, 5) is 28.0. The van der Waals surface area contributed by atoms with Gasteiger partial charge in [-0.2, -0.15) is 0 Å². The van der Waals surface area contributed by atoms with E-state index in [-0.39, 0.29) is 5.71 Å². The van der Waals surface area contributed by atoms with Gasteiger partial charge in [0.15, 0.2) is 5.71 Å². The molecule has 0 spiro atoms. The number of esters is 2. The second-order valence-corrected chi connectivity index (χ2v) is 5.39. The summed E-state index contributed by atoms with van der Waals surface area (Å²) in [5, 5.41) is 0. The summed E-state index contributed by atoms with van der Waals surface area (Å²) in [5.41, 5.74) is 1.92. The molecule has 0 saturated heterocycles. The molecule has 26 heavy (non-hydrogen) atoms. The molecule has 132 valence electrons. The number of hydrogen-bond donors (Lipinski definition) is 0. The van der Waals surface area contributed by atoms with Gasteiger partial charge in [-0.05, 0) is 55.5 Å². The van der Waals surface area contributed by atoms with E-state index in [4.69, 9.17) is 14.2 Å². The minimum atomic E-state index is -0.523. The van der Waals surface area contributed by atoms with Gasteiger partial charge in [-0.25, -0.2) is 14.6 Å². The number of benzene rings is 2. The number of nitrogens with zero attached hydrogens (tertiary/aromatic N) is 1. The summed E-state index contributed by atoms with van der Waals surface area (Å²) in [5.74, 6) is 0.229. The van der Waals surface area contributed by atoms with E-state index in [2.05, 4.69) is 4.99 Å². The zero-order valence-corrected chi connectivity index (χ0v) is 14.4. The largest absolute Gasteiger partial charge is 0.497 e. The predicted molar refractivity (Wildman–Crippen MR) is 96.6 cm³/mol. The molecule has 1 heterocycles. The van der Waals surface area contributed by atoms with Gasteiger partial charge >= 0.3 is 11.9 Å². The molecule has 0 unspecified atom stereocenters. The fourth-order valence-electron chi connectivity index (χ4n) is 2.37. The summed E-state index contributed by atoms with van der Waals surface area (Å²) in [6, 6.07) is 13.7. The maximum atomic E-state index is 12.0. The lowest BCUT2D eigenvalue weighted by Crippen LogP contribution is -2.06. The van der Waals surface area contributed by atoms with Crippen molar-refractivity contribution in [2.45, 2.75) is 6.92 Å².